The summed E-state index contributed by atoms with van der Waals surface area (Å²) in [6.07, 6.45) is 2.19. The molecule has 25 heavy (non-hydrogen) atoms. The average molecular weight is 336 g/mol. The van der Waals surface area contributed by atoms with Crippen LogP contribution in [0.5, 0.6) is 11.5 Å². The summed E-state index contributed by atoms with van der Waals surface area (Å²) in [4.78, 5) is 0. The van der Waals surface area contributed by atoms with E-state index in [-0.39, 0.29) is 16.2 Å². The van der Waals surface area contributed by atoms with Crippen molar-refractivity contribution in [3.8, 4) is 11.5 Å². The van der Waals surface area contributed by atoms with Crippen LogP contribution >= 0.6 is 0 Å². The van der Waals surface area contributed by atoms with Gasteiger partial charge >= 0.3 is 0 Å². The fourth-order valence-corrected chi connectivity index (χ4v) is 5.80. The zero-order valence-electron chi connectivity index (χ0n) is 16.2. The maximum absolute atomic E-state index is 5.49. The Kier molecular flexibility index (Phi) is 3.32. The molecule has 4 rings (SSSR count). The lowest BCUT2D eigenvalue weighted by Crippen LogP contribution is -2.49. The van der Waals surface area contributed by atoms with Crippen LogP contribution in [0.1, 0.15) is 49.9 Å². The molecule has 0 amide bonds. The Morgan fingerprint density at radius 3 is 1.44 bits per heavy atom. The van der Waals surface area contributed by atoms with E-state index in [1.54, 1.807) is 14.2 Å². The summed E-state index contributed by atoms with van der Waals surface area (Å²) < 4.78 is 11.0. The number of rotatable bonds is 2. The molecule has 0 saturated carbocycles. The number of fused-ring (bicyclic) bond motifs is 2. The Hall–Kier alpha value is -1.96. The third-order valence-corrected chi connectivity index (χ3v) is 7.35. The minimum absolute atomic E-state index is 0.102. The molecule has 1 spiro atoms. The SMILES string of the molecule is COc1ccc2c(c1)CC1(Cc3cc(OC)ccc3C1(C)C)C2(C)C. The van der Waals surface area contributed by atoms with Gasteiger partial charge < -0.3 is 9.47 Å². The number of hydrogen-bond donors (Lipinski definition) is 0. The molecule has 2 aromatic rings. The van der Waals surface area contributed by atoms with Gasteiger partial charge in [0.05, 0.1) is 14.2 Å². The molecule has 0 bridgehead atoms. The number of ether oxygens (including phenoxy) is 2. The van der Waals surface area contributed by atoms with Gasteiger partial charge in [-0.3, -0.25) is 0 Å². The fraction of sp³-hybridized carbons (Fsp3) is 0.478. The highest BCUT2D eigenvalue weighted by molar-refractivity contribution is 5.55. The highest BCUT2D eigenvalue weighted by Gasteiger charge is 2.63. The van der Waals surface area contributed by atoms with Gasteiger partial charge in [0.15, 0.2) is 0 Å². The van der Waals surface area contributed by atoms with E-state index in [1.807, 2.05) is 0 Å². The van der Waals surface area contributed by atoms with Crippen LogP contribution in [0.4, 0.5) is 0 Å². The predicted octanol–water partition coefficient (Wildman–Crippen LogP) is 5.06. The standard InChI is InChI=1S/C23H28O2/c1-21(2)19-9-7-17(24-5)11-15(19)13-23(21)14-16-12-18(25-6)8-10-20(16)22(23,3)4/h7-12H,13-14H2,1-6H3. The Balaban J connectivity index is 1.88. The summed E-state index contributed by atoms with van der Waals surface area (Å²) in [5.74, 6) is 1.92. The van der Waals surface area contributed by atoms with Crippen molar-refractivity contribution in [2.24, 2.45) is 5.41 Å². The predicted molar refractivity (Wildman–Crippen MR) is 102 cm³/mol. The first-order valence-corrected chi connectivity index (χ1v) is 9.12. The van der Waals surface area contributed by atoms with Crippen LogP contribution in [-0.4, -0.2) is 14.2 Å². The van der Waals surface area contributed by atoms with E-state index in [0.717, 1.165) is 24.3 Å². The Morgan fingerprint density at radius 1 is 0.680 bits per heavy atom. The van der Waals surface area contributed by atoms with Crippen LogP contribution in [0.3, 0.4) is 0 Å². The van der Waals surface area contributed by atoms with Gasteiger partial charge in [-0.2, -0.15) is 0 Å². The highest BCUT2D eigenvalue weighted by Crippen LogP contribution is 2.66. The van der Waals surface area contributed by atoms with Crippen LogP contribution < -0.4 is 9.47 Å². The summed E-state index contributed by atoms with van der Waals surface area (Å²) in [5, 5.41) is 0. The van der Waals surface area contributed by atoms with Crippen molar-refractivity contribution >= 4 is 0 Å². The molecule has 2 heteroatoms. The molecule has 2 aliphatic rings. The zero-order valence-corrected chi connectivity index (χ0v) is 16.2. The van der Waals surface area contributed by atoms with Gasteiger partial charge in [-0.25, -0.2) is 0 Å². The van der Waals surface area contributed by atoms with Crippen molar-refractivity contribution in [2.75, 3.05) is 14.2 Å². The van der Waals surface area contributed by atoms with Crippen LogP contribution in [0.2, 0.25) is 0 Å². The molecule has 0 saturated heterocycles. The van der Waals surface area contributed by atoms with Crippen molar-refractivity contribution < 1.29 is 9.47 Å². The van der Waals surface area contributed by atoms with Crippen molar-refractivity contribution in [3.05, 3.63) is 58.7 Å². The van der Waals surface area contributed by atoms with Crippen LogP contribution in [-0.2, 0) is 23.7 Å². The molecule has 132 valence electrons. The van der Waals surface area contributed by atoms with Crippen molar-refractivity contribution in [1.29, 1.82) is 0 Å². The molecule has 0 fully saturated rings. The molecule has 0 unspecified atom stereocenters. The first-order valence-electron chi connectivity index (χ1n) is 9.12. The quantitative estimate of drug-likeness (QED) is 0.763. The lowest BCUT2D eigenvalue weighted by molar-refractivity contribution is 0.0850. The van der Waals surface area contributed by atoms with Crippen LogP contribution in [0.15, 0.2) is 36.4 Å². The van der Waals surface area contributed by atoms with Gasteiger partial charge in [0.25, 0.3) is 0 Å². The summed E-state index contributed by atoms with van der Waals surface area (Å²) in [6, 6.07) is 13.3. The van der Waals surface area contributed by atoms with Crippen molar-refractivity contribution in [2.45, 2.75) is 51.4 Å². The molecule has 0 heterocycles. The maximum atomic E-state index is 5.49. The second-order valence-corrected chi connectivity index (χ2v) is 8.73. The summed E-state index contributed by atoms with van der Waals surface area (Å²) >= 11 is 0. The van der Waals surface area contributed by atoms with E-state index in [2.05, 4.69) is 64.1 Å². The van der Waals surface area contributed by atoms with E-state index in [9.17, 15) is 0 Å². The Labute approximate surface area is 151 Å². The van der Waals surface area contributed by atoms with E-state index in [0.29, 0.717) is 0 Å². The molecule has 0 aromatic heterocycles. The Morgan fingerprint density at radius 2 is 1.08 bits per heavy atom. The topological polar surface area (TPSA) is 18.5 Å². The Bertz CT molecular complexity index is 774. The second kappa shape index (κ2) is 5.03. The van der Waals surface area contributed by atoms with Crippen LogP contribution in [0, 0.1) is 5.41 Å². The molecule has 2 aromatic carbocycles. The molecule has 0 aliphatic heterocycles. The van der Waals surface area contributed by atoms with Crippen molar-refractivity contribution in [3.63, 3.8) is 0 Å². The largest absolute Gasteiger partial charge is 0.497 e. The minimum Gasteiger partial charge on any atom is -0.497 e. The van der Waals surface area contributed by atoms with Gasteiger partial charge in [0.1, 0.15) is 11.5 Å². The van der Waals surface area contributed by atoms with Crippen molar-refractivity contribution in [1.82, 2.24) is 0 Å². The van der Waals surface area contributed by atoms with Crippen LogP contribution in [0.25, 0.3) is 0 Å². The minimum atomic E-state index is 0.102. The first kappa shape index (κ1) is 16.5. The summed E-state index contributed by atoms with van der Waals surface area (Å²) in [5.41, 5.74) is 6.20. The third-order valence-electron chi connectivity index (χ3n) is 7.35. The molecule has 2 aliphatic carbocycles. The first-order chi connectivity index (χ1) is 11.8. The van der Waals surface area contributed by atoms with Gasteiger partial charge in [-0.05, 0) is 75.6 Å². The molecular formula is C23H28O2. The lowest BCUT2D eigenvalue weighted by Gasteiger charge is -2.49. The van der Waals surface area contributed by atoms with Gasteiger partial charge in [-0.15, -0.1) is 0 Å². The molecule has 0 atom stereocenters. The molecule has 0 radical (unpaired) electrons. The van der Waals surface area contributed by atoms with Gasteiger partial charge in [0, 0.05) is 0 Å². The third kappa shape index (κ3) is 1.91. The summed E-state index contributed by atoms with van der Waals surface area (Å²) in [7, 11) is 3.50. The molecule has 2 nitrogen and oxygen atoms in total. The maximum Gasteiger partial charge on any atom is 0.119 e. The molecule has 0 N–H and O–H groups in total. The smallest absolute Gasteiger partial charge is 0.119 e. The number of benzene rings is 2. The van der Waals surface area contributed by atoms with E-state index in [1.165, 1.54) is 22.3 Å². The van der Waals surface area contributed by atoms with Gasteiger partial charge in [-0.1, -0.05) is 39.8 Å². The normalized spacial score (nSPS) is 21.0. The molecular weight excluding hydrogens is 308 g/mol. The monoisotopic (exact) mass is 336 g/mol. The second-order valence-electron chi connectivity index (χ2n) is 8.73. The fourth-order valence-electron chi connectivity index (χ4n) is 5.80. The zero-order chi connectivity index (χ0) is 18.0. The highest BCUT2D eigenvalue weighted by atomic mass is 16.5. The van der Waals surface area contributed by atoms with E-state index >= 15 is 0 Å². The number of methoxy groups -OCH3 is 2. The average Bonchev–Trinajstić information content (AvgIpc) is 2.95. The summed E-state index contributed by atoms with van der Waals surface area (Å²) in [6.45, 7) is 9.71. The van der Waals surface area contributed by atoms with E-state index in [4.69, 9.17) is 9.47 Å². The van der Waals surface area contributed by atoms with E-state index < -0.39 is 0 Å². The lowest BCUT2D eigenvalue weighted by atomic mass is 9.54. The van der Waals surface area contributed by atoms with Gasteiger partial charge in [0.2, 0.25) is 0 Å². The number of hydrogen-bond acceptors (Lipinski definition) is 2.